The number of aliphatic hydroxyl groups excluding tert-OH is 2. The average molecular weight is 328 g/mol. The quantitative estimate of drug-likeness (QED) is 0.306. The normalized spacial score (nSPS) is 14.7. The third-order valence-electron chi connectivity index (χ3n) is 2.65. The SMILES string of the molecule is C=C(/C=C(/O)NCC(/C=C\C)=C/C=C/Cl)CCC(O)OCC. The molecular formula is C17H26ClNO3. The van der Waals surface area contributed by atoms with Crippen molar-refractivity contribution in [1.29, 1.82) is 0 Å². The molecule has 0 spiro atoms. The molecule has 0 fully saturated rings. The number of hydrogen-bond donors (Lipinski definition) is 3. The minimum Gasteiger partial charge on any atom is -0.495 e. The molecule has 0 aromatic carbocycles. The van der Waals surface area contributed by atoms with Crippen molar-refractivity contribution in [1.82, 2.24) is 5.32 Å². The van der Waals surface area contributed by atoms with Crippen molar-refractivity contribution in [2.24, 2.45) is 0 Å². The molecule has 0 amide bonds. The van der Waals surface area contributed by atoms with Gasteiger partial charge in [0.05, 0.1) is 0 Å². The van der Waals surface area contributed by atoms with Gasteiger partial charge in [-0.1, -0.05) is 42.5 Å². The Labute approximate surface area is 138 Å². The summed E-state index contributed by atoms with van der Waals surface area (Å²) in [5.74, 6) is 0.0288. The lowest BCUT2D eigenvalue weighted by Gasteiger charge is -2.10. The van der Waals surface area contributed by atoms with Crippen molar-refractivity contribution in [3.63, 3.8) is 0 Å². The molecule has 0 aromatic rings. The van der Waals surface area contributed by atoms with Crippen LogP contribution in [0.1, 0.15) is 26.7 Å². The minimum absolute atomic E-state index is 0.0288. The molecule has 1 unspecified atom stereocenters. The zero-order chi connectivity index (χ0) is 16.8. The number of aliphatic hydroxyl groups is 2. The van der Waals surface area contributed by atoms with Crippen LogP contribution in [0.15, 0.2) is 59.5 Å². The molecule has 0 radical (unpaired) electrons. The maximum atomic E-state index is 9.83. The molecule has 0 aromatic heterocycles. The Morgan fingerprint density at radius 1 is 1.45 bits per heavy atom. The number of halogens is 1. The Hall–Kier alpha value is -1.49. The summed E-state index contributed by atoms with van der Waals surface area (Å²) in [6, 6.07) is 0. The molecule has 0 bridgehead atoms. The van der Waals surface area contributed by atoms with E-state index in [1.807, 2.05) is 32.1 Å². The molecule has 0 saturated heterocycles. The van der Waals surface area contributed by atoms with Crippen LogP contribution in [0.5, 0.6) is 0 Å². The second-order valence-electron chi connectivity index (χ2n) is 4.55. The molecule has 0 saturated carbocycles. The van der Waals surface area contributed by atoms with Gasteiger partial charge in [-0.25, -0.2) is 0 Å². The largest absolute Gasteiger partial charge is 0.495 e. The Bertz CT molecular complexity index is 439. The Morgan fingerprint density at radius 3 is 2.77 bits per heavy atom. The summed E-state index contributed by atoms with van der Waals surface area (Å²) in [5, 5.41) is 22.2. The summed E-state index contributed by atoms with van der Waals surface area (Å²) in [5.41, 5.74) is 3.10. The Balaban J connectivity index is 4.33. The van der Waals surface area contributed by atoms with Gasteiger partial charge in [-0.05, 0) is 31.4 Å². The van der Waals surface area contributed by atoms with Crippen molar-refractivity contribution < 1.29 is 14.9 Å². The van der Waals surface area contributed by atoms with E-state index in [2.05, 4.69) is 11.9 Å². The van der Waals surface area contributed by atoms with Crippen molar-refractivity contribution in [2.45, 2.75) is 33.0 Å². The van der Waals surface area contributed by atoms with E-state index in [1.54, 1.807) is 12.2 Å². The predicted octanol–water partition coefficient (Wildman–Crippen LogP) is 3.92. The predicted molar refractivity (Wildman–Crippen MR) is 92.6 cm³/mol. The molecular weight excluding hydrogens is 302 g/mol. The lowest BCUT2D eigenvalue weighted by Crippen LogP contribution is -2.16. The molecule has 0 aliphatic heterocycles. The van der Waals surface area contributed by atoms with Crippen LogP contribution in [-0.2, 0) is 4.74 Å². The summed E-state index contributed by atoms with van der Waals surface area (Å²) in [6.07, 6.45) is 9.13. The molecule has 22 heavy (non-hydrogen) atoms. The lowest BCUT2D eigenvalue weighted by molar-refractivity contribution is -0.0978. The van der Waals surface area contributed by atoms with Crippen molar-refractivity contribution in [3.8, 4) is 0 Å². The summed E-state index contributed by atoms with van der Waals surface area (Å²) < 4.78 is 5.02. The van der Waals surface area contributed by atoms with E-state index in [9.17, 15) is 10.2 Å². The zero-order valence-electron chi connectivity index (χ0n) is 13.3. The van der Waals surface area contributed by atoms with Crippen LogP contribution < -0.4 is 5.32 Å². The van der Waals surface area contributed by atoms with Gasteiger partial charge in [0.15, 0.2) is 12.2 Å². The molecule has 3 N–H and O–H groups in total. The van der Waals surface area contributed by atoms with Gasteiger partial charge in [0.25, 0.3) is 0 Å². The highest BCUT2D eigenvalue weighted by Crippen LogP contribution is 2.09. The highest BCUT2D eigenvalue weighted by Gasteiger charge is 2.04. The zero-order valence-corrected chi connectivity index (χ0v) is 14.0. The van der Waals surface area contributed by atoms with Crippen LogP contribution >= 0.6 is 11.6 Å². The lowest BCUT2D eigenvalue weighted by atomic mass is 10.1. The van der Waals surface area contributed by atoms with Crippen LogP contribution in [0.2, 0.25) is 0 Å². The van der Waals surface area contributed by atoms with Crippen LogP contribution in [0.3, 0.4) is 0 Å². The van der Waals surface area contributed by atoms with Gasteiger partial charge in [0.1, 0.15) is 0 Å². The van der Waals surface area contributed by atoms with Crippen molar-refractivity contribution >= 4 is 11.6 Å². The maximum Gasteiger partial charge on any atom is 0.184 e. The standard InChI is InChI=1S/C17H26ClNO3/c1-4-7-15(8-6-11-18)13-19-16(20)12-14(3)9-10-17(21)22-5-2/h4,6-8,11-12,17,19-21H,3,5,9-10,13H2,1-2H3/b7-4-,11-6+,15-8+,16-12+. The van der Waals surface area contributed by atoms with Crippen LogP contribution in [0, 0.1) is 0 Å². The summed E-state index contributed by atoms with van der Waals surface area (Å²) in [6.45, 7) is 8.50. The number of rotatable bonds is 11. The molecule has 4 nitrogen and oxygen atoms in total. The molecule has 1 atom stereocenters. The van der Waals surface area contributed by atoms with Gasteiger partial charge in [-0.3, -0.25) is 0 Å². The summed E-state index contributed by atoms with van der Waals surface area (Å²) in [7, 11) is 0. The van der Waals surface area contributed by atoms with Crippen molar-refractivity contribution in [2.75, 3.05) is 13.2 Å². The number of allylic oxidation sites excluding steroid dienone is 5. The number of ether oxygens (including phenoxy) is 1. The minimum atomic E-state index is -0.795. The van der Waals surface area contributed by atoms with Crippen molar-refractivity contribution in [3.05, 3.63) is 59.5 Å². The first-order valence-electron chi connectivity index (χ1n) is 7.24. The van der Waals surface area contributed by atoms with E-state index in [0.29, 0.717) is 31.6 Å². The first-order chi connectivity index (χ1) is 10.5. The fourth-order valence-electron chi connectivity index (χ4n) is 1.64. The smallest absolute Gasteiger partial charge is 0.184 e. The number of hydrogen-bond acceptors (Lipinski definition) is 4. The first kappa shape index (κ1) is 20.5. The van der Waals surface area contributed by atoms with E-state index in [0.717, 1.165) is 5.57 Å². The van der Waals surface area contributed by atoms with Gasteiger partial charge in [-0.2, -0.15) is 0 Å². The molecule has 0 aliphatic rings. The van der Waals surface area contributed by atoms with Crippen LogP contribution in [0.4, 0.5) is 0 Å². The number of nitrogens with one attached hydrogen (secondary N) is 1. The van der Waals surface area contributed by atoms with Gasteiger partial charge < -0.3 is 20.3 Å². The van der Waals surface area contributed by atoms with Gasteiger partial charge >= 0.3 is 0 Å². The molecule has 0 heterocycles. The van der Waals surface area contributed by atoms with E-state index < -0.39 is 6.29 Å². The topological polar surface area (TPSA) is 61.7 Å². The monoisotopic (exact) mass is 327 g/mol. The molecule has 5 heteroatoms. The van der Waals surface area contributed by atoms with Crippen LogP contribution in [-0.4, -0.2) is 29.7 Å². The summed E-state index contributed by atoms with van der Waals surface area (Å²) >= 11 is 5.49. The van der Waals surface area contributed by atoms with Gasteiger partial charge in [0.2, 0.25) is 0 Å². The second kappa shape index (κ2) is 13.2. The highest BCUT2D eigenvalue weighted by molar-refractivity contribution is 6.25. The van der Waals surface area contributed by atoms with E-state index >= 15 is 0 Å². The molecule has 124 valence electrons. The van der Waals surface area contributed by atoms with E-state index in [-0.39, 0.29) is 5.88 Å². The maximum absolute atomic E-state index is 9.83. The van der Waals surface area contributed by atoms with E-state index in [4.69, 9.17) is 16.3 Å². The molecule has 0 aliphatic carbocycles. The highest BCUT2D eigenvalue weighted by atomic mass is 35.5. The van der Waals surface area contributed by atoms with Crippen LogP contribution in [0.25, 0.3) is 0 Å². The second-order valence-corrected chi connectivity index (χ2v) is 4.80. The third-order valence-corrected chi connectivity index (χ3v) is 2.80. The fraction of sp³-hybridized carbons (Fsp3) is 0.412. The Kier molecular flexibility index (Phi) is 12.3. The Morgan fingerprint density at radius 2 is 2.18 bits per heavy atom. The van der Waals surface area contributed by atoms with E-state index in [1.165, 1.54) is 5.54 Å². The van der Waals surface area contributed by atoms with Gasteiger partial charge in [-0.15, -0.1) is 0 Å². The van der Waals surface area contributed by atoms with Gasteiger partial charge in [0, 0.05) is 31.2 Å². The summed E-state index contributed by atoms with van der Waals surface area (Å²) in [4.78, 5) is 0. The fourth-order valence-corrected chi connectivity index (χ4v) is 1.71. The molecule has 0 rings (SSSR count). The third kappa shape index (κ3) is 11.2. The first-order valence-corrected chi connectivity index (χ1v) is 7.67. The average Bonchev–Trinajstić information content (AvgIpc) is 2.48.